The number of carbonyl (C=O) groups is 1. The highest BCUT2D eigenvalue weighted by Gasteiger charge is 2.69. The highest BCUT2D eigenvalue weighted by atomic mass is 19.1. The zero-order valence-corrected chi connectivity index (χ0v) is 15.8. The summed E-state index contributed by atoms with van der Waals surface area (Å²) in [4.78, 5) is 26.8. The van der Waals surface area contributed by atoms with Crippen molar-refractivity contribution < 1.29 is 13.9 Å². The number of aromatic nitrogens is 2. The summed E-state index contributed by atoms with van der Waals surface area (Å²) in [6.07, 6.45) is 3.72. The molecule has 2 aromatic carbocycles. The van der Waals surface area contributed by atoms with E-state index in [1.165, 1.54) is 13.2 Å². The van der Waals surface area contributed by atoms with Gasteiger partial charge in [-0.05, 0) is 37.1 Å². The van der Waals surface area contributed by atoms with Crippen molar-refractivity contribution in [2.24, 2.45) is 0 Å². The van der Waals surface area contributed by atoms with E-state index in [-0.39, 0.29) is 35.8 Å². The molecule has 2 bridgehead atoms. The van der Waals surface area contributed by atoms with Crippen molar-refractivity contribution in [1.82, 2.24) is 14.9 Å². The number of halogens is 1. The van der Waals surface area contributed by atoms with Crippen LogP contribution in [-0.4, -0.2) is 52.1 Å². The molecule has 0 radical (unpaired) electrons. The molecular weight excluding hydrogens is 371 g/mol. The Morgan fingerprint density at radius 3 is 2.52 bits per heavy atom. The largest absolute Gasteiger partial charge is 0.493 e. The standard InChI is InChI=1S/C22H19FN4O2/c1-29-21-12(5-4-6-13(21)23)22(28)26-16-9-10-17(26)20-19(16)27(20)18-11-24-14-7-2-3-8-15(14)25-18/h2-8,11,16-17,19-20H,9-10H2,1H3. The maximum atomic E-state index is 14.1. The van der Waals surface area contributed by atoms with Gasteiger partial charge in [-0.3, -0.25) is 9.78 Å². The summed E-state index contributed by atoms with van der Waals surface area (Å²) < 4.78 is 19.3. The third-order valence-electron chi connectivity index (χ3n) is 6.50. The van der Waals surface area contributed by atoms with Crippen LogP contribution in [0, 0.1) is 5.82 Å². The SMILES string of the molecule is COc1c(F)cccc1C(=O)N1C2CCC1C1C2N1c1cnc2ccccc2n1. The van der Waals surface area contributed by atoms with E-state index in [1.807, 2.05) is 35.4 Å². The summed E-state index contributed by atoms with van der Waals surface area (Å²) in [5.41, 5.74) is 2.05. The Morgan fingerprint density at radius 1 is 1.07 bits per heavy atom. The lowest BCUT2D eigenvalue weighted by atomic mass is 10.0. The third-order valence-corrected chi connectivity index (χ3v) is 6.50. The van der Waals surface area contributed by atoms with Crippen LogP contribution < -0.4 is 9.64 Å². The lowest BCUT2D eigenvalue weighted by Crippen LogP contribution is -2.43. The number of ether oxygens (including phenoxy) is 1. The van der Waals surface area contributed by atoms with Gasteiger partial charge in [0.25, 0.3) is 5.91 Å². The molecule has 3 saturated heterocycles. The van der Waals surface area contributed by atoms with Gasteiger partial charge in [-0.2, -0.15) is 0 Å². The van der Waals surface area contributed by atoms with Crippen LogP contribution in [0.2, 0.25) is 0 Å². The quantitative estimate of drug-likeness (QED) is 0.644. The number of amides is 1. The fraction of sp³-hybridized carbons (Fsp3) is 0.318. The first-order chi connectivity index (χ1) is 14.2. The van der Waals surface area contributed by atoms with Crippen molar-refractivity contribution in [2.75, 3.05) is 12.0 Å². The minimum Gasteiger partial charge on any atom is -0.493 e. The van der Waals surface area contributed by atoms with Crippen molar-refractivity contribution in [2.45, 2.75) is 37.0 Å². The van der Waals surface area contributed by atoms with E-state index in [0.29, 0.717) is 5.56 Å². The number of methoxy groups -OCH3 is 1. The van der Waals surface area contributed by atoms with Crippen molar-refractivity contribution >= 4 is 22.8 Å². The molecule has 3 fully saturated rings. The van der Waals surface area contributed by atoms with Crippen molar-refractivity contribution in [3.05, 3.63) is 60.0 Å². The van der Waals surface area contributed by atoms with Crippen LogP contribution in [0.1, 0.15) is 23.2 Å². The Labute approximate surface area is 166 Å². The van der Waals surface area contributed by atoms with E-state index >= 15 is 0 Å². The lowest BCUT2D eigenvalue weighted by Gasteiger charge is -2.28. The summed E-state index contributed by atoms with van der Waals surface area (Å²) >= 11 is 0. The van der Waals surface area contributed by atoms with Gasteiger partial charge in [0, 0.05) is 0 Å². The highest BCUT2D eigenvalue weighted by molar-refractivity contribution is 5.98. The number of fused-ring (bicyclic) bond motifs is 6. The molecule has 0 saturated carbocycles. The zero-order chi connectivity index (χ0) is 19.7. The molecule has 0 N–H and O–H groups in total. The number of piperazine rings is 1. The lowest BCUT2D eigenvalue weighted by molar-refractivity contribution is 0.0707. The molecule has 4 heterocycles. The zero-order valence-electron chi connectivity index (χ0n) is 15.8. The van der Waals surface area contributed by atoms with E-state index in [4.69, 9.17) is 9.72 Å². The Hall–Kier alpha value is -3.22. The van der Waals surface area contributed by atoms with Crippen LogP contribution in [0.4, 0.5) is 10.2 Å². The monoisotopic (exact) mass is 390 g/mol. The molecule has 146 valence electrons. The second kappa shape index (κ2) is 5.89. The molecule has 1 aromatic heterocycles. The molecule has 1 amide bonds. The number of rotatable bonds is 3. The van der Waals surface area contributed by atoms with Gasteiger partial charge in [0.15, 0.2) is 11.6 Å². The first-order valence-corrected chi connectivity index (χ1v) is 9.84. The van der Waals surface area contributed by atoms with Gasteiger partial charge >= 0.3 is 0 Å². The smallest absolute Gasteiger partial charge is 0.258 e. The molecule has 3 aliphatic rings. The first kappa shape index (κ1) is 16.7. The fourth-order valence-corrected chi connectivity index (χ4v) is 5.33. The van der Waals surface area contributed by atoms with Crippen LogP contribution in [0.5, 0.6) is 5.75 Å². The van der Waals surface area contributed by atoms with Gasteiger partial charge in [0.1, 0.15) is 5.82 Å². The Bertz CT molecular complexity index is 1130. The Balaban J connectivity index is 1.30. The van der Waals surface area contributed by atoms with Gasteiger partial charge in [-0.1, -0.05) is 18.2 Å². The number of hydrogen-bond acceptors (Lipinski definition) is 5. The number of para-hydroxylation sites is 3. The van der Waals surface area contributed by atoms with E-state index in [9.17, 15) is 9.18 Å². The van der Waals surface area contributed by atoms with Crippen LogP contribution in [0.25, 0.3) is 11.0 Å². The van der Waals surface area contributed by atoms with Crippen LogP contribution >= 0.6 is 0 Å². The number of benzene rings is 2. The van der Waals surface area contributed by atoms with Crippen molar-refractivity contribution in [1.29, 1.82) is 0 Å². The van der Waals surface area contributed by atoms with Crippen LogP contribution in [0.3, 0.4) is 0 Å². The Morgan fingerprint density at radius 2 is 1.79 bits per heavy atom. The van der Waals surface area contributed by atoms with Gasteiger partial charge in [0.2, 0.25) is 0 Å². The van der Waals surface area contributed by atoms with E-state index in [1.54, 1.807) is 12.1 Å². The summed E-state index contributed by atoms with van der Waals surface area (Å²) in [7, 11) is 1.39. The van der Waals surface area contributed by atoms with Crippen molar-refractivity contribution in [3.8, 4) is 5.75 Å². The van der Waals surface area contributed by atoms with Gasteiger partial charge in [-0.25, -0.2) is 9.37 Å². The summed E-state index contributed by atoms with van der Waals surface area (Å²) in [6, 6.07) is 13.1. The van der Waals surface area contributed by atoms with Gasteiger partial charge in [0.05, 0.1) is 54.1 Å². The normalized spacial score (nSPS) is 26.7. The number of anilines is 1. The molecule has 29 heavy (non-hydrogen) atoms. The molecule has 3 aromatic rings. The maximum absolute atomic E-state index is 14.1. The second-order valence-corrected chi connectivity index (χ2v) is 7.85. The molecule has 3 aliphatic heterocycles. The van der Waals surface area contributed by atoms with Crippen LogP contribution in [0.15, 0.2) is 48.7 Å². The minimum atomic E-state index is -0.511. The predicted octanol–water partition coefficient (Wildman–Crippen LogP) is 3.02. The van der Waals surface area contributed by atoms with Gasteiger partial charge < -0.3 is 14.5 Å². The molecular formula is C22H19FN4O2. The van der Waals surface area contributed by atoms with Crippen LogP contribution in [-0.2, 0) is 0 Å². The third kappa shape index (κ3) is 2.24. The fourth-order valence-electron chi connectivity index (χ4n) is 5.33. The van der Waals surface area contributed by atoms with E-state index in [0.717, 1.165) is 29.7 Å². The van der Waals surface area contributed by atoms with Crippen molar-refractivity contribution in [3.63, 3.8) is 0 Å². The van der Waals surface area contributed by atoms with E-state index in [2.05, 4.69) is 9.88 Å². The first-order valence-electron chi connectivity index (χ1n) is 9.84. The average molecular weight is 390 g/mol. The number of carbonyl (C=O) groups excluding carboxylic acids is 1. The topological polar surface area (TPSA) is 58.3 Å². The van der Waals surface area contributed by atoms with Gasteiger partial charge in [-0.15, -0.1) is 0 Å². The molecule has 6 rings (SSSR count). The molecule has 7 heteroatoms. The number of nitrogens with zero attached hydrogens (tertiary/aromatic N) is 4. The minimum absolute atomic E-state index is 0.0229. The average Bonchev–Trinajstić information content (AvgIpc) is 3.26. The summed E-state index contributed by atoms with van der Waals surface area (Å²) in [5.74, 6) is 0.231. The molecule has 0 aliphatic carbocycles. The molecule has 6 nitrogen and oxygen atoms in total. The maximum Gasteiger partial charge on any atom is 0.258 e. The predicted molar refractivity (Wildman–Crippen MR) is 106 cm³/mol. The Kier molecular flexibility index (Phi) is 3.39. The molecule has 4 unspecified atom stereocenters. The molecule has 0 spiro atoms. The summed E-state index contributed by atoms with van der Waals surface area (Å²) in [6.45, 7) is 0. The van der Waals surface area contributed by atoms with E-state index < -0.39 is 5.82 Å². The second-order valence-electron chi connectivity index (χ2n) is 7.85. The molecule has 4 atom stereocenters. The highest BCUT2D eigenvalue weighted by Crippen LogP contribution is 2.54. The number of hydrogen-bond donors (Lipinski definition) is 0. The summed E-state index contributed by atoms with van der Waals surface area (Å²) in [5, 5.41) is 0.